The first-order chi connectivity index (χ1) is 10.7. The van der Waals surface area contributed by atoms with Gasteiger partial charge in [0.25, 0.3) is 0 Å². The molecule has 2 unspecified atom stereocenters. The van der Waals surface area contributed by atoms with E-state index in [-0.39, 0.29) is 0 Å². The minimum atomic E-state index is 0.448. The van der Waals surface area contributed by atoms with Crippen molar-refractivity contribution in [2.45, 2.75) is 52.4 Å². The molecule has 0 bridgehead atoms. The number of anilines is 1. The number of hydrogen-bond acceptors (Lipinski definition) is 3. The van der Waals surface area contributed by atoms with Gasteiger partial charge in [-0.3, -0.25) is 0 Å². The van der Waals surface area contributed by atoms with Crippen LogP contribution in [0.25, 0.3) is 0 Å². The molecule has 1 aliphatic rings. The van der Waals surface area contributed by atoms with Crippen molar-refractivity contribution in [3.05, 3.63) is 46.8 Å². The van der Waals surface area contributed by atoms with Crippen LogP contribution in [0.4, 0.5) is 5.69 Å². The van der Waals surface area contributed by atoms with E-state index in [0.29, 0.717) is 11.8 Å². The lowest BCUT2D eigenvalue weighted by Gasteiger charge is -2.32. The van der Waals surface area contributed by atoms with Crippen molar-refractivity contribution in [1.82, 2.24) is 5.16 Å². The Balaban J connectivity index is 1.96. The normalized spacial score (nSPS) is 20.7. The van der Waals surface area contributed by atoms with E-state index < -0.39 is 0 Å². The summed E-state index contributed by atoms with van der Waals surface area (Å²) >= 11 is 0. The third-order valence-electron chi connectivity index (χ3n) is 5.15. The smallest absolute Gasteiger partial charge is 0.147 e. The van der Waals surface area contributed by atoms with E-state index in [1.807, 2.05) is 6.26 Å². The van der Waals surface area contributed by atoms with Gasteiger partial charge in [-0.1, -0.05) is 35.8 Å². The lowest BCUT2D eigenvalue weighted by molar-refractivity contribution is 0.389. The first-order valence-electron chi connectivity index (χ1n) is 8.44. The van der Waals surface area contributed by atoms with Crippen LogP contribution in [0.1, 0.15) is 61.4 Å². The summed E-state index contributed by atoms with van der Waals surface area (Å²) in [5, 5.41) is 4.39. The zero-order valence-electron chi connectivity index (χ0n) is 14.1. The van der Waals surface area contributed by atoms with Crippen LogP contribution in [0.2, 0.25) is 0 Å². The minimum absolute atomic E-state index is 0.448. The Morgan fingerprint density at radius 3 is 2.77 bits per heavy atom. The fraction of sp³-hybridized carbons (Fsp3) is 0.526. The van der Waals surface area contributed by atoms with Gasteiger partial charge in [0.15, 0.2) is 0 Å². The second kappa shape index (κ2) is 6.15. The fourth-order valence-corrected chi connectivity index (χ4v) is 3.82. The maximum Gasteiger partial charge on any atom is 0.147 e. The predicted octanol–water partition coefficient (Wildman–Crippen LogP) is 4.66. The van der Waals surface area contributed by atoms with Crippen LogP contribution in [0.15, 0.2) is 29.0 Å². The molecule has 1 aliphatic carbocycles. The highest BCUT2D eigenvalue weighted by molar-refractivity contribution is 5.51. The highest BCUT2D eigenvalue weighted by Crippen LogP contribution is 2.44. The monoisotopic (exact) mass is 298 g/mol. The zero-order chi connectivity index (χ0) is 15.7. The molecule has 2 aromatic rings. The van der Waals surface area contributed by atoms with Crippen LogP contribution in [-0.4, -0.2) is 18.2 Å². The van der Waals surface area contributed by atoms with Gasteiger partial charge in [0, 0.05) is 19.0 Å². The van der Waals surface area contributed by atoms with E-state index in [2.05, 4.69) is 56.0 Å². The Bertz CT molecular complexity index is 643. The van der Waals surface area contributed by atoms with Gasteiger partial charge in [0.2, 0.25) is 0 Å². The molecule has 1 aromatic heterocycles. The van der Waals surface area contributed by atoms with E-state index in [0.717, 1.165) is 31.6 Å². The van der Waals surface area contributed by atoms with Crippen molar-refractivity contribution < 1.29 is 4.52 Å². The Morgan fingerprint density at radius 2 is 2.05 bits per heavy atom. The second-order valence-corrected chi connectivity index (χ2v) is 6.39. The van der Waals surface area contributed by atoms with Gasteiger partial charge in [-0.25, -0.2) is 0 Å². The summed E-state index contributed by atoms with van der Waals surface area (Å²) < 4.78 is 5.35. The van der Waals surface area contributed by atoms with Crippen LogP contribution >= 0.6 is 0 Å². The predicted molar refractivity (Wildman–Crippen MR) is 90.7 cm³/mol. The summed E-state index contributed by atoms with van der Waals surface area (Å²) in [5.41, 5.74) is 6.66. The van der Waals surface area contributed by atoms with Gasteiger partial charge in [0.1, 0.15) is 17.6 Å². The van der Waals surface area contributed by atoms with E-state index in [9.17, 15) is 0 Å². The molecule has 2 atom stereocenters. The zero-order valence-corrected chi connectivity index (χ0v) is 14.1. The molecule has 118 valence electrons. The molecule has 0 N–H and O–H groups in total. The minimum Gasteiger partial charge on any atom is -0.368 e. The topological polar surface area (TPSA) is 29.3 Å². The molecule has 22 heavy (non-hydrogen) atoms. The maximum atomic E-state index is 5.35. The fourth-order valence-electron chi connectivity index (χ4n) is 3.82. The highest BCUT2D eigenvalue weighted by atomic mass is 16.5. The van der Waals surface area contributed by atoms with E-state index in [1.165, 1.54) is 22.4 Å². The summed E-state index contributed by atoms with van der Waals surface area (Å²) in [6.45, 7) is 10.9. The van der Waals surface area contributed by atoms with Crippen molar-refractivity contribution in [2.75, 3.05) is 18.0 Å². The van der Waals surface area contributed by atoms with Crippen molar-refractivity contribution >= 4 is 5.69 Å². The first-order valence-corrected chi connectivity index (χ1v) is 8.44. The third-order valence-corrected chi connectivity index (χ3v) is 5.15. The molecule has 0 saturated heterocycles. The standard InChI is InChI=1S/C19H26N2O/c1-5-21(6-2)18-12-22-20-19(18)16-10-9-15-8-7-13(3)11-17(15)14(16)4/h7-8,11-12,14,16H,5-6,9-10H2,1-4H3. The van der Waals surface area contributed by atoms with E-state index in [1.54, 1.807) is 0 Å². The molecule has 3 rings (SSSR count). The van der Waals surface area contributed by atoms with Crippen molar-refractivity contribution in [1.29, 1.82) is 0 Å². The number of aryl methyl sites for hydroxylation is 2. The summed E-state index contributed by atoms with van der Waals surface area (Å²) in [6.07, 6.45) is 4.11. The van der Waals surface area contributed by atoms with E-state index in [4.69, 9.17) is 4.52 Å². The van der Waals surface area contributed by atoms with Gasteiger partial charge in [0.05, 0.1) is 0 Å². The number of rotatable bonds is 4. The van der Waals surface area contributed by atoms with Gasteiger partial charge in [-0.05, 0) is 50.7 Å². The Morgan fingerprint density at radius 1 is 1.27 bits per heavy atom. The lowest BCUT2D eigenvalue weighted by atomic mass is 9.74. The molecule has 3 heteroatoms. The quantitative estimate of drug-likeness (QED) is 0.822. The summed E-state index contributed by atoms with van der Waals surface area (Å²) in [5.74, 6) is 0.937. The van der Waals surface area contributed by atoms with Crippen LogP contribution in [0, 0.1) is 6.92 Å². The van der Waals surface area contributed by atoms with Gasteiger partial charge in [-0.15, -0.1) is 0 Å². The molecule has 0 spiro atoms. The van der Waals surface area contributed by atoms with Crippen molar-refractivity contribution in [2.24, 2.45) is 0 Å². The third kappa shape index (κ3) is 2.53. The molecule has 1 heterocycles. The average molecular weight is 298 g/mol. The van der Waals surface area contributed by atoms with Crippen molar-refractivity contribution in [3.63, 3.8) is 0 Å². The van der Waals surface area contributed by atoms with Crippen LogP contribution in [0.5, 0.6) is 0 Å². The number of fused-ring (bicyclic) bond motifs is 1. The molecule has 3 nitrogen and oxygen atoms in total. The van der Waals surface area contributed by atoms with Crippen LogP contribution in [0.3, 0.4) is 0 Å². The van der Waals surface area contributed by atoms with E-state index >= 15 is 0 Å². The number of aromatic nitrogens is 1. The molecular weight excluding hydrogens is 272 g/mol. The number of hydrogen-bond donors (Lipinski definition) is 0. The summed E-state index contributed by atoms with van der Waals surface area (Å²) in [7, 11) is 0. The Labute approximate surface area is 133 Å². The lowest BCUT2D eigenvalue weighted by Crippen LogP contribution is -2.25. The van der Waals surface area contributed by atoms with Crippen LogP contribution < -0.4 is 4.90 Å². The Kier molecular flexibility index (Phi) is 4.23. The van der Waals surface area contributed by atoms with Gasteiger partial charge in [-0.2, -0.15) is 0 Å². The van der Waals surface area contributed by atoms with Gasteiger partial charge < -0.3 is 9.42 Å². The molecule has 0 saturated carbocycles. The molecular formula is C19H26N2O. The molecule has 0 radical (unpaired) electrons. The summed E-state index contributed by atoms with van der Waals surface area (Å²) in [6, 6.07) is 6.87. The van der Waals surface area contributed by atoms with Crippen LogP contribution in [-0.2, 0) is 6.42 Å². The van der Waals surface area contributed by atoms with Crippen molar-refractivity contribution in [3.8, 4) is 0 Å². The largest absolute Gasteiger partial charge is 0.368 e. The average Bonchev–Trinajstić information content (AvgIpc) is 2.99. The molecule has 0 amide bonds. The first kappa shape index (κ1) is 15.1. The maximum absolute atomic E-state index is 5.35. The van der Waals surface area contributed by atoms with Gasteiger partial charge >= 0.3 is 0 Å². The summed E-state index contributed by atoms with van der Waals surface area (Å²) in [4.78, 5) is 2.34. The highest BCUT2D eigenvalue weighted by Gasteiger charge is 2.32. The SMILES string of the molecule is CCN(CC)c1conc1C1CCc2ccc(C)cc2C1C. The number of benzene rings is 1. The molecule has 0 aliphatic heterocycles. The Hall–Kier alpha value is -1.77. The second-order valence-electron chi connectivity index (χ2n) is 6.39. The number of nitrogens with zero attached hydrogens (tertiary/aromatic N) is 2. The molecule has 0 fully saturated rings. The molecule has 1 aromatic carbocycles.